The van der Waals surface area contributed by atoms with Crippen LogP contribution in [0.25, 0.3) is 0 Å². The molecule has 7 heteroatoms. The molecule has 2 aromatic rings. The van der Waals surface area contributed by atoms with E-state index < -0.39 is 11.5 Å². The van der Waals surface area contributed by atoms with Crippen molar-refractivity contribution in [2.75, 3.05) is 0 Å². The van der Waals surface area contributed by atoms with Crippen molar-refractivity contribution in [3.63, 3.8) is 0 Å². The molecule has 0 fully saturated rings. The summed E-state index contributed by atoms with van der Waals surface area (Å²) in [5.74, 6) is -0.821. The van der Waals surface area contributed by atoms with Gasteiger partial charge in [0.1, 0.15) is 5.75 Å². The number of rotatable bonds is 5. The minimum absolute atomic E-state index is 0.0765. The molecular weight excluding hydrogens is 269 g/mol. The Morgan fingerprint density at radius 1 is 1.43 bits per heavy atom. The van der Waals surface area contributed by atoms with Gasteiger partial charge in [0.2, 0.25) is 0 Å². The fraction of sp³-hybridized carbons (Fsp3) is 0.286. The van der Waals surface area contributed by atoms with Crippen LogP contribution < -0.4 is 16.7 Å². The van der Waals surface area contributed by atoms with E-state index in [9.17, 15) is 15.0 Å². The molecule has 21 heavy (non-hydrogen) atoms. The maximum Gasteiger partial charge on any atom is 0.252 e. The zero-order chi connectivity index (χ0) is 15.6. The van der Waals surface area contributed by atoms with Crippen molar-refractivity contribution in [1.29, 1.82) is 0 Å². The maximum absolute atomic E-state index is 11.2. The van der Waals surface area contributed by atoms with Gasteiger partial charge in [-0.05, 0) is 25.4 Å². The van der Waals surface area contributed by atoms with Crippen LogP contribution in [0.2, 0.25) is 0 Å². The van der Waals surface area contributed by atoms with Crippen molar-refractivity contribution in [1.82, 2.24) is 9.78 Å². The van der Waals surface area contributed by atoms with E-state index in [0.29, 0.717) is 6.54 Å². The molecule has 0 aliphatic rings. The Labute approximate surface area is 123 Å². The second-order valence-electron chi connectivity index (χ2n) is 5.57. The van der Waals surface area contributed by atoms with E-state index in [0.717, 1.165) is 10.9 Å². The standard InChI is InChI=1S/C14H17BN3O3/c1-14(2,21)8-18-7-10(6-17-18)15-9-3-4-12(19)11(5-9)13(16)20/h3-7,19,21H,8H2,1-2H3,(H2,16,20). The average Bonchev–Trinajstić information content (AvgIpc) is 2.76. The zero-order valence-electron chi connectivity index (χ0n) is 11.9. The number of aromatic nitrogens is 2. The lowest BCUT2D eigenvalue weighted by atomic mass is 9.65. The largest absolute Gasteiger partial charge is 0.507 e. The topological polar surface area (TPSA) is 101 Å². The van der Waals surface area contributed by atoms with E-state index in [1.165, 1.54) is 12.1 Å². The number of nitrogens with zero attached hydrogens (tertiary/aromatic N) is 2. The van der Waals surface area contributed by atoms with E-state index >= 15 is 0 Å². The Kier molecular flexibility index (Phi) is 4.04. The minimum Gasteiger partial charge on any atom is -0.507 e. The number of aliphatic hydroxyl groups is 1. The minimum atomic E-state index is -0.846. The quantitative estimate of drug-likeness (QED) is 0.621. The molecule has 1 radical (unpaired) electrons. The Balaban J connectivity index is 2.15. The molecule has 109 valence electrons. The Morgan fingerprint density at radius 2 is 2.14 bits per heavy atom. The third kappa shape index (κ3) is 4.09. The lowest BCUT2D eigenvalue weighted by Gasteiger charge is -2.16. The molecule has 6 nitrogen and oxygen atoms in total. The van der Waals surface area contributed by atoms with Gasteiger partial charge in [-0.3, -0.25) is 9.48 Å². The first kappa shape index (κ1) is 15.1. The predicted octanol–water partition coefficient (Wildman–Crippen LogP) is -0.886. The molecule has 0 saturated carbocycles. The van der Waals surface area contributed by atoms with Crippen LogP contribution in [0.1, 0.15) is 24.2 Å². The number of hydrogen-bond donors (Lipinski definition) is 3. The van der Waals surface area contributed by atoms with Gasteiger partial charge in [-0.2, -0.15) is 5.10 Å². The molecule has 1 aromatic heterocycles. The molecule has 0 bridgehead atoms. The highest BCUT2D eigenvalue weighted by molar-refractivity contribution is 6.67. The second-order valence-corrected chi connectivity index (χ2v) is 5.57. The summed E-state index contributed by atoms with van der Waals surface area (Å²) in [5, 5.41) is 23.4. The zero-order valence-corrected chi connectivity index (χ0v) is 11.9. The lowest BCUT2D eigenvalue weighted by molar-refractivity contribution is 0.0577. The number of hydrogen-bond acceptors (Lipinski definition) is 4. The number of nitrogens with two attached hydrogens (primary N) is 1. The summed E-state index contributed by atoms with van der Waals surface area (Å²) in [6, 6.07) is 4.62. The van der Waals surface area contributed by atoms with Gasteiger partial charge in [0.15, 0.2) is 7.28 Å². The van der Waals surface area contributed by atoms with Crippen LogP contribution in [0.5, 0.6) is 5.75 Å². The molecule has 0 saturated heterocycles. The second kappa shape index (κ2) is 5.61. The molecule has 2 rings (SSSR count). The van der Waals surface area contributed by atoms with E-state index in [1.807, 2.05) is 0 Å². The van der Waals surface area contributed by atoms with Crippen molar-refractivity contribution < 1.29 is 15.0 Å². The number of carbonyl (C=O) groups excluding carboxylic acids is 1. The fourth-order valence-corrected chi connectivity index (χ4v) is 1.97. The summed E-state index contributed by atoms with van der Waals surface area (Å²) in [6.07, 6.45) is 3.44. The first-order valence-electron chi connectivity index (χ1n) is 6.47. The molecule has 0 unspecified atom stereocenters. The normalized spacial score (nSPS) is 11.4. The Hall–Kier alpha value is -2.28. The molecule has 1 heterocycles. The molecule has 0 aliphatic carbocycles. The van der Waals surface area contributed by atoms with E-state index in [2.05, 4.69) is 5.10 Å². The highest BCUT2D eigenvalue weighted by atomic mass is 16.3. The third-order valence-electron chi connectivity index (χ3n) is 2.82. The lowest BCUT2D eigenvalue weighted by Crippen LogP contribution is -2.29. The van der Waals surface area contributed by atoms with Crippen LogP contribution in [0.3, 0.4) is 0 Å². The molecule has 0 atom stereocenters. The Bertz CT molecular complexity index is 662. The van der Waals surface area contributed by atoms with E-state index in [1.54, 1.807) is 44.3 Å². The highest BCUT2D eigenvalue weighted by Gasteiger charge is 2.15. The highest BCUT2D eigenvalue weighted by Crippen LogP contribution is 2.13. The molecule has 1 amide bonds. The first-order chi connectivity index (χ1) is 9.74. The number of benzene rings is 1. The number of amides is 1. The number of primary amides is 1. The molecule has 0 spiro atoms. The van der Waals surface area contributed by atoms with Gasteiger partial charge in [0, 0.05) is 12.4 Å². The van der Waals surface area contributed by atoms with Crippen molar-refractivity contribution in [3.8, 4) is 5.75 Å². The van der Waals surface area contributed by atoms with Crippen molar-refractivity contribution in [2.24, 2.45) is 5.73 Å². The van der Waals surface area contributed by atoms with Gasteiger partial charge in [-0.25, -0.2) is 0 Å². The van der Waals surface area contributed by atoms with Crippen molar-refractivity contribution in [3.05, 3.63) is 36.2 Å². The monoisotopic (exact) mass is 286 g/mol. The smallest absolute Gasteiger partial charge is 0.252 e. The van der Waals surface area contributed by atoms with Gasteiger partial charge in [-0.1, -0.05) is 17.6 Å². The van der Waals surface area contributed by atoms with E-state index in [-0.39, 0.29) is 11.3 Å². The summed E-state index contributed by atoms with van der Waals surface area (Å²) in [4.78, 5) is 11.2. The van der Waals surface area contributed by atoms with Crippen LogP contribution in [-0.4, -0.2) is 38.8 Å². The van der Waals surface area contributed by atoms with Crippen LogP contribution in [0.15, 0.2) is 30.6 Å². The molecule has 4 N–H and O–H groups in total. The summed E-state index contributed by atoms with van der Waals surface area (Å²) >= 11 is 0. The average molecular weight is 286 g/mol. The number of carbonyl (C=O) groups is 1. The van der Waals surface area contributed by atoms with E-state index in [4.69, 9.17) is 5.73 Å². The number of phenols is 1. The third-order valence-corrected chi connectivity index (χ3v) is 2.82. The molecule has 1 aromatic carbocycles. The molecule has 0 aliphatic heterocycles. The summed E-state index contributed by atoms with van der Waals surface area (Å²) in [7, 11) is 1.81. The predicted molar refractivity (Wildman–Crippen MR) is 80.2 cm³/mol. The van der Waals surface area contributed by atoms with Gasteiger partial charge >= 0.3 is 0 Å². The van der Waals surface area contributed by atoms with Crippen LogP contribution in [0.4, 0.5) is 0 Å². The fourth-order valence-electron chi connectivity index (χ4n) is 1.97. The number of aromatic hydroxyl groups is 1. The Morgan fingerprint density at radius 3 is 2.76 bits per heavy atom. The van der Waals surface area contributed by atoms with Gasteiger partial charge in [0.05, 0.1) is 17.7 Å². The SMILES string of the molecule is CC(C)(O)Cn1cc([B]c2ccc(O)c(C(N)=O)c2)cn1. The summed E-state index contributed by atoms with van der Waals surface area (Å²) in [5.41, 5.74) is 5.97. The molecular formula is C14H17BN3O3. The maximum atomic E-state index is 11.2. The van der Waals surface area contributed by atoms with Gasteiger partial charge in [0.25, 0.3) is 5.91 Å². The summed E-state index contributed by atoms with van der Waals surface area (Å²) < 4.78 is 1.64. The summed E-state index contributed by atoms with van der Waals surface area (Å²) in [6.45, 7) is 3.79. The van der Waals surface area contributed by atoms with Gasteiger partial charge in [-0.15, -0.1) is 0 Å². The van der Waals surface area contributed by atoms with Crippen molar-refractivity contribution >= 4 is 24.1 Å². The van der Waals surface area contributed by atoms with Crippen LogP contribution in [-0.2, 0) is 6.54 Å². The first-order valence-corrected chi connectivity index (χ1v) is 6.47. The van der Waals surface area contributed by atoms with Gasteiger partial charge < -0.3 is 15.9 Å². The van der Waals surface area contributed by atoms with Crippen LogP contribution in [0, 0.1) is 0 Å². The van der Waals surface area contributed by atoms with Crippen LogP contribution >= 0.6 is 0 Å². The van der Waals surface area contributed by atoms with Crippen molar-refractivity contribution in [2.45, 2.75) is 26.0 Å².